The number of hydrogen-bond acceptors (Lipinski definition) is 11. The van der Waals surface area contributed by atoms with Gasteiger partial charge in [0.15, 0.2) is 26.5 Å². The number of benzene rings is 1. The van der Waals surface area contributed by atoms with E-state index in [1.807, 2.05) is 0 Å². The third-order valence-corrected chi connectivity index (χ3v) is 8.94. The fourth-order valence-corrected chi connectivity index (χ4v) is 6.84. The maximum Gasteiger partial charge on any atom is 0.338 e. The normalized spacial score (nSPS) is 14.9. The van der Waals surface area contributed by atoms with Gasteiger partial charge in [0.05, 0.1) is 47.1 Å². The van der Waals surface area contributed by atoms with Crippen LogP contribution in [0.25, 0.3) is 6.08 Å². The number of ether oxygens (including phenoxy) is 3. The molecule has 3 aromatic heterocycles. The predicted octanol–water partition coefficient (Wildman–Crippen LogP) is 3.71. The van der Waals surface area contributed by atoms with E-state index >= 15 is 0 Å². The summed E-state index contributed by atoms with van der Waals surface area (Å²) >= 11 is 5.79. The molecule has 0 bridgehead atoms. The zero-order valence-corrected chi connectivity index (χ0v) is 26.4. The number of aromatic amines is 1. The van der Waals surface area contributed by atoms with Gasteiger partial charge < -0.3 is 23.6 Å². The summed E-state index contributed by atoms with van der Waals surface area (Å²) in [6, 6.07) is 7.53. The Hall–Kier alpha value is -3.88. The van der Waals surface area contributed by atoms with Gasteiger partial charge in [0, 0.05) is 17.8 Å². The number of methoxy groups -OCH3 is 2. The number of aryl methyl sites for hydroxylation is 1. The van der Waals surface area contributed by atoms with Gasteiger partial charge in [-0.2, -0.15) is 0 Å². The van der Waals surface area contributed by atoms with E-state index in [0.29, 0.717) is 58.3 Å². The summed E-state index contributed by atoms with van der Waals surface area (Å²) in [6.45, 7) is 5.33. The highest BCUT2D eigenvalue weighted by atomic mass is 79.9. The van der Waals surface area contributed by atoms with Gasteiger partial charge in [0.1, 0.15) is 5.76 Å². The Labute approximate surface area is 255 Å². The molecule has 4 heterocycles. The second-order valence-corrected chi connectivity index (χ2v) is 11.8. The Morgan fingerprint density at radius 2 is 1.95 bits per heavy atom. The molecular weight excluding hydrogens is 648 g/mol. The minimum Gasteiger partial charge on any atom is -0.493 e. The quantitative estimate of drug-likeness (QED) is 0.219. The van der Waals surface area contributed by atoms with E-state index in [4.69, 9.17) is 18.6 Å². The van der Waals surface area contributed by atoms with Crippen molar-refractivity contribution in [1.82, 2.24) is 14.5 Å². The minimum atomic E-state index is -0.819. The Bertz CT molecular complexity index is 1970. The van der Waals surface area contributed by atoms with Crippen molar-refractivity contribution in [3.05, 3.63) is 93.1 Å². The predicted molar refractivity (Wildman–Crippen MR) is 160 cm³/mol. The molecule has 42 heavy (non-hydrogen) atoms. The first-order chi connectivity index (χ1) is 20.1. The van der Waals surface area contributed by atoms with Gasteiger partial charge in [-0.15, -0.1) is 0 Å². The minimum absolute atomic E-state index is 0.165. The summed E-state index contributed by atoms with van der Waals surface area (Å²) in [6.07, 6.45) is 1.61. The second kappa shape index (κ2) is 12.2. The summed E-state index contributed by atoms with van der Waals surface area (Å²) < 4.78 is 24.7. The molecule has 0 amide bonds. The van der Waals surface area contributed by atoms with Crippen molar-refractivity contribution in [1.29, 1.82) is 0 Å². The third kappa shape index (κ3) is 5.74. The Morgan fingerprint density at radius 1 is 1.19 bits per heavy atom. The first-order valence-corrected chi connectivity index (χ1v) is 15.0. The molecule has 218 valence electrons. The molecule has 0 spiro atoms. The molecule has 0 fully saturated rings. The highest BCUT2D eigenvalue weighted by Crippen LogP contribution is 2.37. The van der Waals surface area contributed by atoms with Crippen molar-refractivity contribution < 1.29 is 23.4 Å². The molecular formula is C28H25BrN4O7S2. The first kappa shape index (κ1) is 29.6. The van der Waals surface area contributed by atoms with Crippen LogP contribution in [-0.2, 0) is 9.53 Å². The van der Waals surface area contributed by atoms with E-state index in [2.05, 4.69) is 30.9 Å². The molecule has 0 aliphatic carbocycles. The van der Waals surface area contributed by atoms with Crippen LogP contribution in [0.2, 0.25) is 0 Å². The molecule has 0 saturated heterocycles. The lowest BCUT2D eigenvalue weighted by molar-refractivity contribution is -0.139. The number of carbonyl (C=O) groups is 1. The Kier molecular flexibility index (Phi) is 8.57. The van der Waals surface area contributed by atoms with E-state index < -0.39 is 12.0 Å². The standard InChI is InChI=1S/C28H25BrN4O7S2/c1-6-39-25(36)22-14(3)31-28-33(23(22)15-7-8-18(37-4)19(10-15)38-5)24(35)20(41-28)12-16-11-17(29)26(40-16)42-27-30-13(2)9-21(34)32-27/h7-12,23H,6H2,1-5H3,(H,30,32,34)/b20-12+/t23-/m0/s1. The number of H-pyrrole nitrogens is 1. The van der Waals surface area contributed by atoms with Crippen molar-refractivity contribution in [2.45, 2.75) is 37.1 Å². The third-order valence-electron chi connectivity index (χ3n) is 6.23. The highest BCUT2D eigenvalue weighted by molar-refractivity contribution is 9.10. The number of halogens is 1. The zero-order valence-electron chi connectivity index (χ0n) is 23.1. The fraction of sp³-hybridized carbons (Fsp3) is 0.250. The van der Waals surface area contributed by atoms with E-state index in [1.54, 1.807) is 51.1 Å². The van der Waals surface area contributed by atoms with Gasteiger partial charge in [-0.05, 0) is 72.2 Å². The van der Waals surface area contributed by atoms with E-state index in [-0.39, 0.29) is 23.3 Å². The number of thiazole rings is 1. The number of allylic oxidation sites excluding steroid dienone is 1. The van der Waals surface area contributed by atoms with Crippen molar-refractivity contribution in [2.75, 3.05) is 20.8 Å². The lowest BCUT2D eigenvalue weighted by Gasteiger charge is -2.25. The van der Waals surface area contributed by atoms with Gasteiger partial charge in [-0.3, -0.25) is 14.2 Å². The van der Waals surface area contributed by atoms with E-state index in [1.165, 1.54) is 36.2 Å². The van der Waals surface area contributed by atoms with E-state index in [0.717, 1.165) is 11.8 Å². The van der Waals surface area contributed by atoms with Crippen LogP contribution < -0.4 is 29.9 Å². The molecule has 11 nitrogen and oxygen atoms in total. The van der Waals surface area contributed by atoms with Crippen LogP contribution in [0, 0.1) is 6.92 Å². The summed E-state index contributed by atoms with van der Waals surface area (Å²) in [5.74, 6) is 0.792. The summed E-state index contributed by atoms with van der Waals surface area (Å²) in [5, 5.41) is 0.823. The van der Waals surface area contributed by atoms with Crippen LogP contribution in [0.4, 0.5) is 0 Å². The number of nitrogens with zero attached hydrogens (tertiary/aromatic N) is 3. The Morgan fingerprint density at radius 3 is 2.64 bits per heavy atom. The smallest absolute Gasteiger partial charge is 0.338 e. The topological polar surface area (TPSA) is 138 Å². The molecule has 5 rings (SSSR count). The van der Waals surface area contributed by atoms with Gasteiger partial charge >= 0.3 is 5.97 Å². The number of rotatable bonds is 8. The average molecular weight is 674 g/mol. The van der Waals surface area contributed by atoms with Gasteiger partial charge in [0.2, 0.25) is 0 Å². The lowest BCUT2D eigenvalue weighted by atomic mass is 9.95. The average Bonchev–Trinajstić information content (AvgIpc) is 3.44. The maximum absolute atomic E-state index is 13.9. The lowest BCUT2D eigenvalue weighted by Crippen LogP contribution is -2.39. The molecule has 0 unspecified atom stereocenters. The number of fused-ring (bicyclic) bond motifs is 1. The Balaban J connectivity index is 1.62. The summed E-state index contributed by atoms with van der Waals surface area (Å²) in [4.78, 5) is 50.9. The molecule has 1 aliphatic heterocycles. The molecule has 1 atom stereocenters. The molecule has 1 aliphatic rings. The van der Waals surface area contributed by atoms with Crippen molar-refractivity contribution in [2.24, 2.45) is 4.99 Å². The first-order valence-electron chi connectivity index (χ1n) is 12.6. The number of hydrogen-bond donors (Lipinski definition) is 1. The number of esters is 1. The monoisotopic (exact) mass is 672 g/mol. The van der Waals surface area contributed by atoms with Crippen molar-refractivity contribution >= 4 is 51.1 Å². The SMILES string of the molecule is CCOC(=O)C1=C(C)N=c2s/c(=C/c3cc(Br)c(Sc4nc(C)cc(=O)[nH]4)o3)c(=O)n2[C@H]1c1ccc(OC)c(OC)c1. The van der Waals surface area contributed by atoms with Crippen LogP contribution in [0.15, 0.2) is 75.3 Å². The molecule has 1 N–H and O–H groups in total. The highest BCUT2D eigenvalue weighted by Gasteiger charge is 2.34. The summed E-state index contributed by atoms with van der Waals surface area (Å²) in [5.41, 5.74) is 1.26. The van der Waals surface area contributed by atoms with Crippen LogP contribution in [0.3, 0.4) is 0 Å². The zero-order chi connectivity index (χ0) is 30.1. The fourth-order valence-electron chi connectivity index (χ4n) is 4.46. The van der Waals surface area contributed by atoms with Crippen molar-refractivity contribution in [3.8, 4) is 11.5 Å². The number of furan rings is 1. The number of nitrogens with one attached hydrogen (secondary N) is 1. The molecule has 14 heteroatoms. The van der Waals surface area contributed by atoms with Crippen LogP contribution in [-0.4, -0.2) is 41.3 Å². The van der Waals surface area contributed by atoms with Crippen LogP contribution >= 0.6 is 39.0 Å². The molecule has 1 aromatic carbocycles. The largest absolute Gasteiger partial charge is 0.493 e. The van der Waals surface area contributed by atoms with Crippen molar-refractivity contribution in [3.63, 3.8) is 0 Å². The number of aromatic nitrogens is 3. The van der Waals surface area contributed by atoms with Gasteiger partial charge in [-0.25, -0.2) is 14.8 Å². The van der Waals surface area contributed by atoms with Gasteiger partial charge in [-0.1, -0.05) is 17.4 Å². The molecule has 0 radical (unpaired) electrons. The summed E-state index contributed by atoms with van der Waals surface area (Å²) in [7, 11) is 3.05. The number of carbonyl (C=O) groups excluding carboxylic acids is 1. The van der Waals surface area contributed by atoms with Crippen LogP contribution in [0.1, 0.15) is 36.9 Å². The van der Waals surface area contributed by atoms with Crippen LogP contribution in [0.5, 0.6) is 11.5 Å². The maximum atomic E-state index is 13.9. The van der Waals surface area contributed by atoms with E-state index in [9.17, 15) is 14.4 Å². The second-order valence-electron chi connectivity index (χ2n) is 8.99. The van der Waals surface area contributed by atoms with Gasteiger partial charge in [0.25, 0.3) is 11.1 Å². The molecule has 4 aromatic rings. The molecule has 0 saturated carbocycles.